The Hall–Kier alpha value is -3.13. The first-order chi connectivity index (χ1) is 14.7. The lowest BCUT2D eigenvalue weighted by molar-refractivity contribution is -0.134. The van der Waals surface area contributed by atoms with Crippen molar-refractivity contribution in [3.05, 3.63) is 64.9 Å². The van der Waals surface area contributed by atoms with Crippen molar-refractivity contribution in [2.75, 3.05) is 31.6 Å². The van der Waals surface area contributed by atoms with Gasteiger partial charge >= 0.3 is 6.03 Å². The van der Waals surface area contributed by atoms with Crippen LogP contribution >= 0.6 is 11.6 Å². The van der Waals surface area contributed by atoms with Crippen LogP contribution in [-0.2, 0) is 15.1 Å². The second kappa shape index (κ2) is 9.34. The first kappa shape index (κ1) is 22.6. The van der Waals surface area contributed by atoms with E-state index in [1.807, 2.05) is 37.4 Å². The predicted molar refractivity (Wildman–Crippen MR) is 116 cm³/mol. The van der Waals surface area contributed by atoms with E-state index in [0.717, 1.165) is 29.3 Å². The van der Waals surface area contributed by atoms with Gasteiger partial charge in [-0.15, -0.1) is 0 Å². The summed E-state index contributed by atoms with van der Waals surface area (Å²) in [6.07, 6.45) is 0.695. The predicted octanol–water partition coefficient (Wildman–Crippen LogP) is 2.89. The zero-order chi connectivity index (χ0) is 22.6. The molecule has 164 valence electrons. The van der Waals surface area contributed by atoms with Crippen molar-refractivity contribution >= 4 is 35.1 Å². The van der Waals surface area contributed by atoms with Crippen molar-refractivity contribution in [2.45, 2.75) is 18.9 Å². The first-order valence-corrected chi connectivity index (χ1v) is 10.2. The first-order valence-electron chi connectivity index (χ1n) is 9.85. The Kier molecular flexibility index (Phi) is 6.80. The number of anilines is 1. The molecule has 1 heterocycles. The van der Waals surface area contributed by atoms with Gasteiger partial charge in [-0.05, 0) is 37.6 Å². The molecule has 0 saturated carbocycles. The lowest BCUT2D eigenvalue weighted by Gasteiger charge is -2.23. The van der Waals surface area contributed by atoms with E-state index in [1.165, 1.54) is 13.0 Å². The van der Waals surface area contributed by atoms with E-state index in [0.29, 0.717) is 13.0 Å². The summed E-state index contributed by atoms with van der Waals surface area (Å²) in [5.74, 6) is -1.62. The molecule has 2 aromatic carbocycles. The Labute approximate surface area is 185 Å². The molecular formula is C22H24ClFN4O3. The third kappa shape index (κ3) is 4.96. The molecule has 1 saturated heterocycles. The largest absolute Gasteiger partial charge is 0.375 e. The summed E-state index contributed by atoms with van der Waals surface area (Å²) in [6.45, 7) is 2.20. The number of urea groups is 1. The molecule has 7 nitrogen and oxygen atoms in total. The number of hydrogen-bond acceptors (Lipinski definition) is 4. The maximum absolute atomic E-state index is 13.4. The number of para-hydroxylation sites is 1. The van der Waals surface area contributed by atoms with E-state index in [1.54, 1.807) is 0 Å². The highest BCUT2D eigenvalue weighted by atomic mass is 35.5. The average Bonchev–Trinajstić information content (AvgIpc) is 2.95. The van der Waals surface area contributed by atoms with Crippen molar-refractivity contribution in [3.63, 3.8) is 0 Å². The molecule has 1 fully saturated rings. The van der Waals surface area contributed by atoms with Crippen LogP contribution in [0.25, 0.3) is 0 Å². The molecule has 1 aliphatic heterocycles. The Morgan fingerprint density at radius 1 is 1.23 bits per heavy atom. The van der Waals surface area contributed by atoms with Gasteiger partial charge in [-0.2, -0.15) is 0 Å². The molecular weight excluding hydrogens is 423 g/mol. The molecule has 1 aliphatic rings. The number of nitrogens with zero attached hydrogens (tertiary/aromatic N) is 2. The van der Waals surface area contributed by atoms with Gasteiger partial charge in [-0.3, -0.25) is 14.5 Å². The lowest BCUT2D eigenvalue weighted by Crippen LogP contribution is -2.43. The molecule has 0 radical (unpaired) electrons. The molecule has 4 amide bonds. The van der Waals surface area contributed by atoms with E-state index in [2.05, 4.69) is 15.5 Å². The summed E-state index contributed by atoms with van der Waals surface area (Å²) in [4.78, 5) is 40.4. The Morgan fingerprint density at radius 2 is 1.94 bits per heavy atom. The van der Waals surface area contributed by atoms with Crippen LogP contribution in [0.2, 0.25) is 5.02 Å². The Morgan fingerprint density at radius 3 is 2.61 bits per heavy atom. The number of carbonyl (C=O) groups is 3. The average molecular weight is 447 g/mol. The van der Waals surface area contributed by atoms with Gasteiger partial charge in [-0.1, -0.05) is 35.9 Å². The maximum Gasteiger partial charge on any atom is 0.325 e. The van der Waals surface area contributed by atoms with Crippen LogP contribution in [0.1, 0.15) is 18.9 Å². The maximum atomic E-state index is 13.4. The van der Waals surface area contributed by atoms with Crippen LogP contribution < -0.4 is 15.5 Å². The Bertz CT molecular complexity index is 988. The normalized spacial score (nSPS) is 18.1. The van der Waals surface area contributed by atoms with Crippen molar-refractivity contribution < 1.29 is 18.8 Å². The molecule has 1 atom stereocenters. The van der Waals surface area contributed by atoms with Crippen LogP contribution in [-0.4, -0.2) is 49.4 Å². The monoisotopic (exact) mass is 446 g/mol. The van der Waals surface area contributed by atoms with Gasteiger partial charge in [0.05, 0.1) is 0 Å². The zero-order valence-electron chi connectivity index (χ0n) is 17.3. The minimum absolute atomic E-state index is 0.0185. The summed E-state index contributed by atoms with van der Waals surface area (Å²) in [5, 5.41) is 5.30. The third-order valence-electron chi connectivity index (χ3n) is 5.24. The van der Waals surface area contributed by atoms with E-state index in [4.69, 9.17) is 11.6 Å². The molecule has 3 rings (SSSR count). The van der Waals surface area contributed by atoms with Crippen LogP contribution in [0.3, 0.4) is 0 Å². The zero-order valence-corrected chi connectivity index (χ0v) is 18.1. The second-order valence-corrected chi connectivity index (χ2v) is 7.94. The van der Waals surface area contributed by atoms with E-state index in [-0.39, 0.29) is 10.6 Å². The van der Waals surface area contributed by atoms with E-state index in [9.17, 15) is 18.8 Å². The van der Waals surface area contributed by atoms with Crippen molar-refractivity contribution in [3.8, 4) is 0 Å². The molecule has 2 aromatic rings. The topological polar surface area (TPSA) is 81.8 Å². The van der Waals surface area contributed by atoms with Gasteiger partial charge in [0.25, 0.3) is 5.91 Å². The smallest absolute Gasteiger partial charge is 0.325 e. The number of halogens is 2. The van der Waals surface area contributed by atoms with Gasteiger partial charge in [-0.25, -0.2) is 9.18 Å². The summed E-state index contributed by atoms with van der Waals surface area (Å²) in [6, 6.07) is 12.7. The molecule has 0 aliphatic carbocycles. The number of hydrogen-bond donors (Lipinski definition) is 2. The standard InChI is InChI=1S/C22H24ClFN4O3/c1-22(17-10-9-15(24)13-18(17)23)20(30)28(21(31)26-22)14-19(29)25-11-6-12-27(2)16-7-4-3-5-8-16/h3-5,7-10,13H,6,11-12,14H2,1-2H3,(H,25,29)(H,26,31). The highest BCUT2D eigenvalue weighted by Crippen LogP contribution is 2.33. The minimum Gasteiger partial charge on any atom is -0.375 e. The van der Waals surface area contributed by atoms with Crippen LogP contribution in [0.4, 0.5) is 14.9 Å². The van der Waals surface area contributed by atoms with Gasteiger partial charge in [0.15, 0.2) is 0 Å². The number of amides is 4. The number of rotatable bonds is 8. The summed E-state index contributed by atoms with van der Waals surface area (Å²) in [7, 11) is 1.96. The number of benzene rings is 2. The number of carbonyl (C=O) groups excluding carboxylic acids is 3. The Balaban J connectivity index is 1.53. The van der Waals surface area contributed by atoms with Crippen LogP contribution in [0.5, 0.6) is 0 Å². The van der Waals surface area contributed by atoms with Gasteiger partial charge < -0.3 is 15.5 Å². The van der Waals surface area contributed by atoms with Crippen LogP contribution in [0, 0.1) is 5.82 Å². The van der Waals surface area contributed by atoms with E-state index >= 15 is 0 Å². The molecule has 1 unspecified atom stereocenters. The fourth-order valence-electron chi connectivity index (χ4n) is 3.47. The minimum atomic E-state index is -1.47. The summed E-state index contributed by atoms with van der Waals surface area (Å²) in [5.41, 5.74) is -0.131. The SMILES string of the molecule is CN(CCCNC(=O)CN1C(=O)NC(C)(c2ccc(F)cc2Cl)C1=O)c1ccccc1. The second-order valence-electron chi connectivity index (χ2n) is 7.53. The number of imide groups is 1. The van der Waals surface area contributed by atoms with Crippen molar-refractivity contribution in [1.29, 1.82) is 0 Å². The summed E-state index contributed by atoms with van der Waals surface area (Å²) >= 11 is 6.07. The van der Waals surface area contributed by atoms with Gasteiger partial charge in [0.1, 0.15) is 17.9 Å². The molecule has 0 bridgehead atoms. The molecule has 0 spiro atoms. The lowest BCUT2D eigenvalue weighted by atomic mass is 9.92. The fourth-order valence-corrected chi connectivity index (χ4v) is 3.83. The van der Waals surface area contributed by atoms with Gasteiger partial charge in [0, 0.05) is 36.4 Å². The van der Waals surface area contributed by atoms with Gasteiger partial charge in [0.2, 0.25) is 5.91 Å². The molecule has 0 aromatic heterocycles. The highest BCUT2D eigenvalue weighted by molar-refractivity contribution is 6.32. The molecule has 9 heteroatoms. The molecule has 2 N–H and O–H groups in total. The molecule has 31 heavy (non-hydrogen) atoms. The third-order valence-corrected chi connectivity index (χ3v) is 5.55. The van der Waals surface area contributed by atoms with E-state index < -0.39 is 35.7 Å². The quantitative estimate of drug-likeness (QED) is 0.482. The van der Waals surface area contributed by atoms with Crippen LogP contribution in [0.15, 0.2) is 48.5 Å². The highest BCUT2D eigenvalue weighted by Gasteiger charge is 2.50. The fraction of sp³-hybridized carbons (Fsp3) is 0.318. The number of nitrogens with one attached hydrogen (secondary N) is 2. The van der Waals surface area contributed by atoms with Crippen molar-refractivity contribution in [1.82, 2.24) is 15.5 Å². The summed E-state index contributed by atoms with van der Waals surface area (Å²) < 4.78 is 13.4. The van der Waals surface area contributed by atoms with Crippen molar-refractivity contribution in [2.24, 2.45) is 0 Å².